The number of fused-ring (bicyclic) bond motifs is 3. The Morgan fingerprint density at radius 3 is 2.94 bits per heavy atom. The zero-order valence-corrected chi connectivity index (χ0v) is 18.2. The van der Waals surface area contributed by atoms with E-state index in [0.717, 1.165) is 29.5 Å². The summed E-state index contributed by atoms with van der Waals surface area (Å²) in [5, 5.41) is 4.62. The van der Waals surface area contributed by atoms with Crippen molar-refractivity contribution in [2.24, 2.45) is 0 Å². The van der Waals surface area contributed by atoms with Crippen LogP contribution in [0.2, 0.25) is 0 Å². The van der Waals surface area contributed by atoms with Gasteiger partial charge in [-0.3, -0.25) is 9.25 Å². The highest BCUT2D eigenvalue weighted by Crippen LogP contribution is 2.33. The predicted molar refractivity (Wildman–Crippen MR) is 125 cm³/mol. The van der Waals surface area contributed by atoms with Crippen molar-refractivity contribution in [1.82, 2.24) is 29.3 Å². The second-order valence-electron chi connectivity index (χ2n) is 8.70. The molecular weight excluding hydrogens is 418 g/mol. The van der Waals surface area contributed by atoms with Crippen LogP contribution in [-0.2, 0) is 13.0 Å². The monoisotopic (exact) mass is 443 g/mol. The minimum atomic E-state index is -0.275. The maximum Gasteiger partial charge on any atom is 0.328 e. The highest BCUT2D eigenvalue weighted by atomic mass is 16.5. The van der Waals surface area contributed by atoms with E-state index >= 15 is 0 Å². The molecule has 0 saturated heterocycles. The van der Waals surface area contributed by atoms with Gasteiger partial charge in [-0.15, -0.1) is 0 Å². The number of rotatable bonds is 2. The Bertz CT molecular complexity index is 1420. The van der Waals surface area contributed by atoms with Gasteiger partial charge in [0.15, 0.2) is 11.5 Å². The van der Waals surface area contributed by atoms with Crippen LogP contribution in [-0.4, -0.2) is 35.9 Å². The summed E-state index contributed by atoms with van der Waals surface area (Å²) in [5.41, 5.74) is 11.1. The van der Waals surface area contributed by atoms with E-state index in [0.29, 0.717) is 30.4 Å². The zero-order chi connectivity index (χ0) is 22.4. The molecule has 4 bridgehead atoms. The van der Waals surface area contributed by atoms with Gasteiger partial charge in [0.25, 0.3) is 0 Å². The number of H-pyrrole nitrogens is 1. The van der Waals surface area contributed by atoms with Crippen LogP contribution in [0.3, 0.4) is 0 Å². The summed E-state index contributed by atoms with van der Waals surface area (Å²) in [6, 6.07) is 7.06. The van der Waals surface area contributed by atoms with Gasteiger partial charge in [0.2, 0.25) is 0 Å². The van der Waals surface area contributed by atoms with Crippen molar-refractivity contribution >= 4 is 17.0 Å². The number of ether oxygens (including phenoxy) is 1. The number of nitrogens with zero attached hydrogens (tertiary/aromatic N) is 5. The minimum Gasteiger partial charge on any atom is -0.463 e. The molecule has 1 aromatic carbocycles. The van der Waals surface area contributed by atoms with Crippen molar-refractivity contribution in [1.29, 1.82) is 0 Å². The molecule has 9 heteroatoms. The smallest absolute Gasteiger partial charge is 0.328 e. The van der Waals surface area contributed by atoms with Gasteiger partial charge in [0.1, 0.15) is 5.52 Å². The third-order valence-corrected chi connectivity index (χ3v) is 6.52. The minimum absolute atomic E-state index is 0.178. The van der Waals surface area contributed by atoms with Gasteiger partial charge in [-0.25, -0.2) is 4.79 Å². The number of benzene rings is 1. The van der Waals surface area contributed by atoms with Gasteiger partial charge in [-0.1, -0.05) is 30.4 Å². The van der Waals surface area contributed by atoms with Crippen LogP contribution >= 0.6 is 0 Å². The molecule has 4 heterocycles. The second-order valence-corrected chi connectivity index (χ2v) is 8.70. The standard InChI is InChI=1S/C24H25N7O2/c25-21-20-22-29-23(28-21)33-10-3-1-2-5-16-11-15(13-30(22)24(32)27-20)8-9-19(16)17-12-26-31(14-17)18-6-4-7-18/h1-2,8-9,11-12,14,18H,3-7,10,13H2,(H,27,32)(H2,25,28,29)/b2-1+. The number of aromatic nitrogens is 6. The number of nitrogens with one attached hydrogen (secondary N) is 1. The molecule has 33 heavy (non-hydrogen) atoms. The van der Waals surface area contributed by atoms with Crippen molar-refractivity contribution in [2.45, 2.75) is 44.7 Å². The molecule has 0 unspecified atom stereocenters. The zero-order valence-electron chi connectivity index (χ0n) is 18.2. The van der Waals surface area contributed by atoms with E-state index in [4.69, 9.17) is 10.5 Å². The lowest BCUT2D eigenvalue weighted by Crippen LogP contribution is -2.18. The van der Waals surface area contributed by atoms with Crippen molar-refractivity contribution in [2.75, 3.05) is 12.3 Å². The van der Waals surface area contributed by atoms with Gasteiger partial charge in [-0.05, 0) is 48.8 Å². The van der Waals surface area contributed by atoms with Gasteiger partial charge < -0.3 is 15.5 Å². The molecule has 3 aromatic heterocycles. The number of anilines is 1. The first kappa shape index (κ1) is 19.8. The van der Waals surface area contributed by atoms with Crippen molar-refractivity contribution in [3.63, 3.8) is 0 Å². The first-order valence-corrected chi connectivity index (χ1v) is 11.4. The van der Waals surface area contributed by atoms with E-state index in [1.165, 1.54) is 24.8 Å². The van der Waals surface area contributed by atoms with Crippen LogP contribution in [0.15, 0.2) is 47.5 Å². The lowest BCUT2D eigenvalue weighted by atomic mass is 9.93. The van der Waals surface area contributed by atoms with E-state index in [1.54, 1.807) is 4.57 Å². The summed E-state index contributed by atoms with van der Waals surface area (Å²) in [7, 11) is 0. The molecule has 9 nitrogen and oxygen atoms in total. The second kappa shape index (κ2) is 7.91. The Balaban J connectivity index is 1.43. The molecule has 2 aliphatic rings. The highest BCUT2D eigenvalue weighted by molar-refractivity contribution is 5.82. The molecule has 1 aliphatic carbocycles. The number of allylic oxidation sites excluding steroid dienone is 1. The number of imidazole rings is 1. The first-order chi connectivity index (χ1) is 16.2. The molecule has 0 spiro atoms. The normalized spacial score (nSPS) is 17.5. The lowest BCUT2D eigenvalue weighted by molar-refractivity contribution is 0.289. The van der Waals surface area contributed by atoms with Crippen molar-refractivity contribution in [3.8, 4) is 17.1 Å². The Morgan fingerprint density at radius 1 is 1.18 bits per heavy atom. The quantitative estimate of drug-likeness (QED) is 0.460. The van der Waals surface area contributed by atoms with E-state index in [-0.39, 0.29) is 17.5 Å². The fourth-order valence-electron chi connectivity index (χ4n) is 4.50. The van der Waals surface area contributed by atoms with Gasteiger partial charge in [0, 0.05) is 11.8 Å². The molecule has 0 atom stereocenters. The largest absolute Gasteiger partial charge is 0.463 e. The molecule has 0 amide bonds. The topological polar surface area (TPSA) is 117 Å². The molecule has 168 valence electrons. The SMILES string of the molecule is Nc1nc2nc3c1[nH]c(=O)n3Cc1ccc(-c3cnn(C4CCC4)c3)c(c1)C/C=C/CCO2. The summed E-state index contributed by atoms with van der Waals surface area (Å²) in [6.45, 7) is 0.796. The molecule has 1 saturated carbocycles. The molecule has 3 N–H and O–H groups in total. The Labute approximate surface area is 189 Å². The third kappa shape index (κ3) is 3.59. The first-order valence-electron chi connectivity index (χ1n) is 11.4. The van der Waals surface area contributed by atoms with Crippen LogP contribution in [0.5, 0.6) is 6.01 Å². The van der Waals surface area contributed by atoms with Crippen LogP contribution < -0.4 is 16.2 Å². The summed E-state index contributed by atoms with van der Waals surface area (Å²) in [4.78, 5) is 24.1. The predicted octanol–water partition coefficient (Wildman–Crippen LogP) is 3.22. The van der Waals surface area contributed by atoms with E-state index in [9.17, 15) is 4.79 Å². The van der Waals surface area contributed by atoms with Crippen LogP contribution in [0.25, 0.3) is 22.3 Å². The average molecular weight is 444 g/mol. The molecule has 0 radical (unpaired) electrons. The fourth-order valence-corrected chi connectivity index (χ4v) is 4.50. The molecule has 4 aromatic rings. The Kier molecular flexibility index (Phi) is 4.74. The number of hydrogen-bond acceptors (Lipinski definition) is 6. The van der Waals surface area contributed by atoms with Crippen LogP contribution in [0.4, 0.5) is 5.82 Å². The van der Waals surface area contributed by atoms with Gasteiger partial charge >= 0.3 is 11.7 Å². The highest BCUT2D eigenvalue weighted by Gasteiger charge is 2.21. The summed E-state index contributed by atoms with van der Waals surface area (Å²) in [5.74, 6) is 0.202. The van der Waals surface area contributed by atoms with E-state index in [2.05, 4.69) is 61.3 Å². The van der Waals surface area contributed by atoms with E-state index < -0.39 is 0 Å². The van der Waals surface area contributed by atoms with E-state index in [1.807, 2.05) is 6.20 Å². The molecule has 1 aliphatic heterocycles. The lowest BCUT2D eigenvalue weighted by Gasteiger charge is -2.25. The molecular formula is C24H25N7O2. The van der Waals surface area contributed by atoms with Crippen LogP contribution in [0.1, 0.15) is 42.9 Å². The molecule has 6 rings (SSSR count). The number of hydrogen-bond donors (Lipinski definition) is 2. The Morgan fingerprint density at radius 2 is 2.09 bits per heavy atom. The average Bonchev–Trinajstić information content (AvgIpc) is 3.35. The summed E-state index contributed by atoms with van der Waals surface area (Å²) < 4.78 is 9.37. The number of aromatic amines is 1. The van der Waals surface area contributed by atoms with Crippen molar-refractivity contribution < 1.29 is 4.74 Å². The maximum absolute atomic E-state index is 12.7. The van der Waals surface area contributed by atoms with Crippen molar-refractivity contribution in [3.05, 3.63) is 64.4 Å². The Hall–Kier alpha value is -3.88. The number of nitrogen functional groups attached to an aromatic ring is 1. The van der Waals surface area contributed by atoms with Gasteiger partial charge in [-0.2, -0.15) is 15.1 Å². The molecule has 1 fully saturated rings. The summed E-state index contributed by atoms with van der Waals surface area (Å²) in [6.07, 6.45) is 13.6. The summed E-state index contributed by atoms with van der Waals surface area (Å²) >= 11 is 0. The van der Waals surface area contributed by atoms with Gasteiger partial charge in [0.05, 0.1) is 25.4 Å². The van der Waals surface area contributed by atoms with Crippen LogP contribution in [0, 0.1) is 0 Å². The third-order valence-electron chi connectivity index (χ3n) is 6.52. The maximum atomic E-state index is 12.7. The fraction of sp³-hybridized carbons (Fsp3) is 0.333. The number of nitrogens with two attached hydrogens (primary N) is 1.